The third-order valence-corrected chi connectivity index (χ3v) is 3.50. The Labute approximate surface area is 126 Å². The van der Waals surface area contributed by atoms with Crippen LogP contribution in [-0.2, 0) is 24.8 Å². The number of nitrogens with zero attached hydrogens (tertiary/aromatic N) is 2. The maximum Gasteiger partial charge on any atom is 0.359 e. The largest absolute Gasteiger partial charge is 0.456 e. The molecule has 1 heterocycles. The molecule has 0 bridgehead atoms. The number of halogens is 2. The van der Waals surface area contributed by atoms with Crippen LogP contribution in [0.5, 0.6) is 0 Å². The molecule has 0 spiro atoms. The van der Waals surface area contributed by atoms with Gasteiger partial charge in [-0.2, -0.15) is 5.10 Å². The second kappa shape index (κ2) is 6.13. The summed E-state index contributed by atoms with van der Waals surface area (Å²) in [4.78, 5) is 12.1. The number of benzene rings is 1. The van der Waals surface area contributed by atoms with Crippen molar-refractivity contribution in [3.05, 3.63) is 46.0 Å². The summed E-state index contributed by atoms with van der Waals surface area (Å²) in [6.45, 7) is 1.75. The van der Waals surface area contributed by atoms with Gasteiger partial charge in [-0.25, -0.2) is 9.18 Å². The smallest absolute Gasteiger partial charge is 0.359 e. The molecule has 2 aromatic rings. The molecule has 0 saturated carbocycles. The highest BCUT2D eigenvalue weighted by Gasteiger charge is 2.21. The van der Waals surface area contributed by atoms with Gasteiger partial charge >= 0.3 is 5.97 Å². The zero-order valence-electron chi connectivity index (χ0n) is 11.7. The van der Waals surface area contributed by atoms with Gasteiger partial charge in [-0.05, 0) is 12.5 Å². The lowest BCUT2D eigenvalue weighted by Gasteiger charge is -2.07. The number of anilines is 1. The van der Waals surface area contributed by atoms with E-state index in [2.05, 4.69) is 5.10 Å². The Hall–Kier alpha value is -2.08. The van der Waals surface area contributed by atoms with Crippen molar-refractivity contribution in [1.29, 1.82) is 0 Å². The van der Waals surface area contributed by atoms with E-state index in [1.807, 2.05) is 6.92 Å². The molecular weight excluding hydrogens is 297 g/mol. The first-order valence-electron chi connectivity index (χ1n) is 6.37. The number of hydrogen-bond donors (Lipinski definition) is 1. The topological polar surface area (TPSA) is 70.1 Å². The van der Waals surface area contributed by atoms with Crippen LogP contribution in [-0.4, -0.2) is 15.7 Å². The minimum Gasteiger partial charge on any atom is -0.456 e. The number of rotatable bonds is 4. The number of aromatic nitrogens is 2. The molecular formula is C14H15ClFN3O2. The molecule has 112 valence electrons. The van der Waals surface area contributed by atoms with Crippen LogP contribution in [0.3, 0.4) is 0 Å². The van der Waals surface area contributed by atoms with E-state index >= 15 is 0 Å². The predicted molar refractivity (Wildman–Crippen MR) is 77.5 cm³/mol. The van der Waals surface area contributed by atoms with E-state index in [0.717, 1.165) is 0 Å². The van der Waals surface area contributed by atoms with E-state index in [9.17, 15) is 9.18 Å². The Bertz CT molecular complexity index is 685. The molecule has 0 aliphatic rings. The number of nitrogen functional groups attached to an aromatic ring is 1. The van der Waals surface area contributed by atoms with E-state index < -0.39 is 11.8 Å². The van der Waals surface area contributed by atoms with Crippen molar-refractivity contribution < 1.29 is 13.9 Å². The standard InChI is InChI=1S/C14H15ClFN3O2/c1-3-10-12(17)13(19(2)18-10)14(20)21-7-8-5-4-6-9(16)11(8)15/h4-6H,3,7,17H2,1-2H3. The molecule has 0 atom stereocenters. The van der Waals surface area contributed by atoms with Gasteiger partial charge in [0.25, 0.3) is 0 Å². The Balaban J connectivity index is 2.16. The number of carbonyl (C=O) groups excluding carboxylic acids is 1. The summed E-state index contributed by atoms with van der Waals surface area (Å²) < 4.78 is 19.8. The lowest BCUT2D eigenvalue weighted by molar-refractivity contribution is 0.0461. The van der Waals surface area contributed by atoms with Gasteiger partial charge in [-0.1, -0.05) is 30.7 Å². The molecule has 2 rings (SSSR count). The monoisotopic (exact) mass is 311 g/mol. The summed E-state index contributed by atoms with van der Waals surface area (Å²) in [6, 6.07) is 4.32. The maximum absolute atomic E-state index is 13.3. The molecule has 0 radical (unpaired) electrons. The van der Waals surface area contributed by atoms with Gasteiger partial charge in [0.15, 0.2) is 5.69 Å². The maximum atomic E-state index is 13.3. The van der Waals surface area contributed by atoms with Crippen molar-refractivity contribution in [1.82, 2.24) is 9.78 Å². The molecule has 1 aromatic carbocycles. The minimum atomic E-state index is -0.623. The molecule has 0 unspecified atom stereocenters. The highest BCUT2D eigenvalue weighted by Crippen LogP contribution is 2.22. The van der Waals surface area contributed by atoms with E-state index in [4.69, 9.17) is 22.1 Å². The third-order valence-electron chi connectivity index (χ3n) is 3.08. The molecule has 0 fully saturated rings. The summed E-state index contributed by atoms with van der Waals surface area (Å²) in [5, 5.41) is 4.08. The molecule has 2 N–H and O–H groups in total. The van der Waals surface area contributed by atoms with Crippen LogP contribution in [0.4, 0.5) is 10.1 Å². The molecule has 5 nitrogen and oxygen atoms in total. The first-order chi connectivity index (χ1) is 9.95. The number of nitrogens with two attached hydrogens (primary N) is 1. The fourth-order valence-electron chi connectivity index (χ4n) is 1.97. The normalized spacial score (nSPS) is 10.7. The highest BCUT2D eigenvalue weighted by atomic mass is 35.5. The first kappa shape index (κ1) is 15.3. The number of hydrogen-bond acceptors (Lipinski definition) is 4. The number of ether oxygens (including phenoxy) is 1. The Morgan fingerprint density at radius 3 is 2.86 bits per heavy atom. The van der Waals surface area contributed by atoms with Crippen molar-refractivity contribution in [2.45, 2.75) is 20.0 Å². The Morgan fingerprint density at radius 2 is 2.24 bits per heavy atom. The molecule has 1 aromatic heterocycles. The van der Waals surface area contributed by atoms with Gasteiger partial charge in [0, 0.05) is 12.6 Å². The van der Waals surface area contributed by atoms with Crippen LogP contribution in [0.15, 0.2) is 18.2 Å². The van der Waals surface area contributed by atoms with Crippen molar-refractivity contribution >= 4 is 23.3 Å². The second-order valence-electron chi connectivity index (χ2n) is 4.48. The number of aryl methyl sites for hydroxylation is 2. The second-order valence-corrected chi connectivity index (χ2v) is 4.85. The molecule has 0 saturated heterocycles. The van der Waals surface area contributed by atoms with Gasteiger partial charge in [-0.15, -0.1) is 0 Å². The van der Waals surface area contributed by atoms with Crippen LogP contribution >= 0.6 is 11.6 Å². The van der Waals surface area contributed by atoms with Crippen LogP contribution in [0, 0.1) is 5.82 Å². The van der Waals surface area contributed by atoms with Crippen molar-refractivity contribution in [3.63, 3.8) is 0 Å². The van der Waals surface area contributed by atoms with E-state index in [-0.39, 0.29) is 17.3 Å². The molecule has 0 aliphatic heterocycles. The summed E-state index contributed by atoms with van der Waals surface area (Å²) in [5.41, 5.74) is 7.37. The van der Waals surface area contributed by atoms with Gasteiger partial charge < -0.3 is 10.5 Å². The summed E-state index contributed by atoms with van der Waals surface area (Å²) in [5.74, 6) is -1.18. The van der Waals surface area contributed by atoms with E-state index in [1.165, 1.54) is 16.8 Å². The van der Waals surface area contributed by atoms with Crippen LogP contribution in [0.1, 0.15) is 28.7 Å². The van der Waals surface area contributed by atoms with Gasteiger partial charge in [0.05, 0.1) is 16.4 Å². The third kappa shape index (κ3) is 3.00. The molecule has 0 amide bonds. The van der Waals surface area contributed by atoms with Crippen LogP contribution < -0.4 is 5.73 Å². The van der Waals surface area contributed by atoms with Crippen LogP contribution in [0.25, 0.3) is 0 Å². The van der Waals surface area contributed by atoms with Crippen molar-refractivity contribution in [3.8, 4) is 0 Å². The summed E-state index contributed by atoms with van der Waals surface area (Å²) in [7, 11) is 1.61. The Morgan fingerprint density at radius 1 is 1.52 bits per heavy atom. The van der Waals surface area contributed by atoms with Gasteiger partial charge in [0.2, 0.25) is 0 Å². The lowest BCUT2D eigenvalue weighted by atomic mass is 10.2. The fraction of sp³-hybridized carbons (Fsp3) is 0.286. The van der Waals surface area contributed by atoms with E-state index in [0.29, 0.717) is 23.4 Å². The molecule has 0 aliphatic carbocycles. The van der Waals surface area contributed by atoms with Crippen LogP contribution in [0.2, 0.25) is 5.02 Å². The fourth-order valence-corrected chi connectivity index (χ4v) is 2.15. The summed E-state index contributed by atoms with van der Waals surface area (Å²) >= 11 is 5.80. The zero-order chi connectivity index (χ0) is 15.6. The average Bonchev–Trinajstić information content (AvgIpc) is 2.74. The van der Waals surface area contributed by atoms with Gasteiger partial charge in [0.1, 0.15) is 12.4 Å². The lowest BCUT2D eigenvalue weighted by Crippen LogP contribution is -2.13. The molecule has 21 heavy (non-hydrogen) atoms. The van der Waals surface area contributed by atoms with Crippen molar-refractivity contribution in [2.24, 2.45) is 7.05 Å². The zero-order valence-corrected chi connectivity index (χ0v) is 12.4. The Kier molecular flexibility index (Phi) is 4.47. The minimum absolute atomic E-state index is 0.0578. The summed E-state index contributed by atoms with van der Waals surface area (Å²) in [6.07, 6.45) is 0.614. The number of carbonyl (C=O) groups is 1. The quantitative estimate of drug-likeness (QED) is 0.881. The van der Waals surface area contributed by atoms with E-state index in [1.54, 1.807) is 13.1 Å². The van der Waals surface area contributed by atoms with Crippen molar-refractivity contribution in [2.75, 3.05) is 5.73 Å². The molecule has 7 heteroatoms. The predicted octanol–water partition coefficient (Wildman–Crippen LogP) is 2.71. The average molecular weight is 312 g/mol. The first-order valence-corrected chi connectivity index (χ1v) is 6.74. The SMILES string of the molecule is CCc1nn(C)c(C(=O)OCc2cccc(F)c2Cl)c1N. The number of esters is 1. The highest BCUT2D eigenvalue weighted by molar-refractivity contribution is 6.31. The van der Waals surface area contributed by atoms with Gasteiger partial charge in [-0.3, -0.25) is 4.68 Å².